The fourth-order valence-electron chi connectivity index (χ4n) is 3.92. The van der Waals surface area contributed by atoms with Crippen molar-refractivity contribution in [3.63, 3.8) is 0 Å². The Bertz CT molecular complexity index is 768. The predicted molar refractivity (Wildman–Crippen MR) is 106 cm³/mol. The summed E-state index contributed by atoms with van der Waals surface area (Å²) < 4.78 is 10.9. The number of thioether (sulfide) groups is 1. The monoisotopic (exact) mass is 387 g/mol. The van der Waals surface area contributed by atoms with Crippen LogP contribution in [0.4, 0.5) is 5.82 Å². The number of nitrogens with one attached hydrogen (secondary N) is 1. The smallest absolute Gasteiger partial charge is 0.247 e. The van der Waals surface area contributed by atoms with E-state index in [9.17, 15) is 4.79 Å². The fourth-order valence-corrected chi connectivity index (χ4v) is 5.39. The number of aromatic nitrogens is 1. The molecule has 1 spiro atoms. The van der Waals surface area contributed by atoms with Crippen molar-refractivity contribution in [2.24, 2.45) is 0 Å². The molecule has 1 N–H and O–H groups in total. The van der Waals surface area contributed by atoms with Gasteiger partial charge in [-0.25, -0.2) is 0 Å². The van der Waals surface area contributed by atoms with E-state index in [1.165, 1.54) is 0 Å². The maximum absolute atomic E-state index is 13.2. The second-order valence-corrected chi connectivity index (χ2v) is 8.80. The summed E-state index contributed by atoms with van der Waals surface area (Å²) in [5.74, 6) is 2.10. The molecule has 6 nitrogen and oxygen atoms in total. The molecule has 1 atom stereocenters. The van der Waals surface area contributed by atoms with E-state index < -0.39 is 0 Å². The minimum Gasteiger partial charge on any atom is -0.381 e. The lowest BCUT2D eigenvalue weighted by Gasteiger charge is -2.46. The largest absolute Gasteiger partial charge is 0.381 e. The average molecular weight is 388 g/mol. The van der Waals surface area contributed by atoms with Gasteiger partial charge in [0.15, 0.2) is 5.82 Å². The molecule has 7 heteroatoms. The number of carbonyl (C=O) groups excluding carboxylic acids is 1. The average Bonchev–Trinajstić information content (AvgIpc) is 3.08. The molecule has 0 radical (unpaired) electrons. The number of hydrogen-bond donors (Lipinski definition) is 1. The Morgan fingerprint density at radius 2 is 2.07 bits per heavy atom. The lowest BCUT2D eigenvalue weighted by atomic mass is 9.95. The van der Waals surface area contributed by atoms with Gasteiger partial charge in [0.25, 0.3) is 0 Å². The molecular formula is C20H25N3O3S. The number of benzene rings is 1. The maximum Gasteiger partial charge on any atom is 0.247 e. The number of carbonyl (C=O) groups is 1. The molecule has 2 aliphatic rings. The van der Waals surface area contributed by atoms with Crippen LogP contribution in [0.1, 0.15) is 30.2 Å². The number of amides is 1. The quantitative estimate of drug-likeness (QED) is 0.869. The first-order valence-corrected chi connectivity index (χ1v) is 10.4. The Labute approximate surface area is 163 Å². The SMILES string of the molecule is Cc1cc(NC(=O)C(c2ccccc2)N2CCSC3(CCOCC3)C2)no1. The first-order valence-electron chi connectivity index (χ1n) is 9.40. The molecule has 2 aliphatic heterocycles. The third-order valence-electron chi connectivity index (χ3n) is 5.29. The number of ether oxygens (including phenoxy) is 1. The third-order valence-corrected chi connectivity index (χ3v) is 6.83. The van der Waals surface area contributed by atoms with Gasteiger partial charge in [-0.2, -0.15) is 11.8 Å². The Hall–Kier alpha value is -1.83. The van der Waals surface area contributed by atoms with Crippen LogP contribution in [0.25, 0.3) is 0 Å². The highest BCUT2D eigenvalue weighted by atomic mass is 32.2. The van der Waals surface area contributed by atoms with Crippen molar-refractivity contribution in [1.29, 1.82) is 0 Å². The van der Waals surface area contributed by atoms with Gasteiger partial charge in [-0.15, -0.1) is 0 Å². The topological polar surface area (TPSA) is 67.6 Å². The molecule has 144 valence electrons. The predicted octanol–water partition coefficient (Wildman–Crippen LogP) is 3.26. The Morgan fingerprint density at radius 3 is 2.78 bits per heavy atom. The molecule has 2 saturated heterocycles. The standard InChI is InChI=1S/C20H25N3O3S/c1-15-13-17(22-26-15)21-19(24)18(16-5-3-2-4-6-16)23-9-12-27-20(14-23)7-10-25-11-8-20/h2-6,13,18H,7-12,14H2,1H3,(H,21,22,24). The van der Waals surface area contributed by atoms with Gasteiger partial charge >= 0.3 is 0 Å². The lowest BCUT2D eigenvalue weighted by molar-refractivity contribution is -0.121. The molecule has 27 heavy (non-hydrogen) atoms. The van der Waals surface area contributed by atoms with Crippen LogP contribution in [0.15, 0.2) is 40.9 Å². The fraction of sp³-hybridized carbons (Fsp3) is 0.500. The van der Waals surface area contributed by atoms with Crippen molar-refractivity contribution in [2.45, 2.75) is 30.6 Å². The van der Waals surface area contributed by atoms with Crippen molar-refractivity contribution in [3.8, 4) is 0 Å². The van der Waals surface area contributed by atoms with Crippen LogP contribution in [0.3, 0.4) is 0 Å². The van der Waals surface area contributed by atoms with Gasteiger partial charge in [-0.1, -0.05) is 35.5 Å². The number of rotatable bonds is 4. The van der Waals surface area contributed by atoms with Crippen molar-refractivity contribution in [1.82, 2.24) is 10.1 Å². The summed E-state index contributed by atoms with van der Waals surface area (Å²) in [6.07, 6.45) is 2.08. The van der Waals surface area contributed by atoms with E-state index >= 15 is 0 Å². The second-order valence-electron chi connectivity index (χ2n) is 7.24. The van der Waals surface area contributed by atoms with Crippen LogP contribution in [0, 0.1) is 6.92 Å². The zero-order valence-corrected chi connectivity index (χ0v) is 16.3. The Balaban J connectivity index is 1.58. The van der Waals surface area contributed by atoms with E-state index in [-0.39, 0.29) is 16.7 Å². The Morgan fingerprint density at radius 1 is 1.30 bits per heavy atom. The summed E-state index contributed by atoms with van der Waals surface area (Å²) in [5.41, 5.74) is 1.00. The molecule has 3 heterocycles. The molecule has 1 unspecified atom stereocenters. The van der Waals surface area contributed by atoms with Crippen LogP contribution in [-0.4, -0.2) is 52.8 Å². The summed E-state index contributed by atoms with van der Waals surface area (Å²) in [4.78, 5) is 15.5. The van der Waals surface area contributed by atoms with E-state index in [2.05, 4.69) is 15.4 Å². The van der Waals surface area contributed by atoms with Gasteiger partial charge in [0, 0.05) is 42.9 Å². The summed E-state index contributed by atoms with van der Waals surface area (Å²) >= 11 is 2.04. The Kier molecular flexibility index (Phi) is 5.52. The third kappa shape index (κ3) is 4.20. The highest BCUT2D eigenvalue weighted by Gasteiger charge is 2.41. The van der Waals surface area contributed by atoms with Gasteiger partial charge in [0.2, 0.25) is 5.91 Å². The zero-order valence-electron chi connectivity index (χ0n) is 15.5. The van der Waals surface area contributed by atoms with Gasteiger partial charge in [0.05, 0.1) is 0 Å². The van der Waals surface area contributed by atoms with Crippen molar-refractivity contribution in [2.75, 3.05) is 37.4 Å². The minimum atomic E-state index is -0.344. The zero-order chi connectivity index (χ0) is 18.7. The van der Waals surface area contributed by atoms with Gasteiger partial charge in [0.1, 0.15) is 11.8 Å². The van der Waals surface area contributed by atoms with E-state index in [1.807, 2.05) is 49.0 Å². The van der Waals surface area contributed by atoms with Crippen molar-refractivity contribution in [3.05, 3.63) is 47.7 Å². The van der Waals surface area contributed by atoms with Crippen LogP contribution < -0.4 is 5.32 Å². The van der Waals surface area contributed by atoms with Crippen molar-refractivity contribution >= 4 is 23.5 Å². The van der Waals surface area contributed by atoms with Crippen molar-refractivity contribution < 1.29 is 14.1 Å². The highest BCUT2D eigenvalue weighted by molar-refractivity contribution is 8.00. The van der Waals surface area contributed by atoms with Crippen LogP contribution in [0.5, 0.6) is 0 Å². The molecular weight excluding hydrogens is 362 g/mol. The summed E-state index contributed by atoms with van der Waals surface area (Å²) in [6, 6.07) is 11.4. The highest BCUT2D eigenvalue weighted by Crippen LogP contribution is 2.41. The van der Waals surface area contributed by atoms with Gasteiger partial charge in [-0.3, -0.25) is 9.69 Å². The first-order chi connectivity index (χ1) is 13.2. The van der Waals surface area contributed by atoms with Crippen LogP contribution in [0.2, 0.25) is 0 Å². The molecule has 0 saturated carbocycles. The molecule has 2 aromatic rings. The number of anilines is 1. The molecule has 1 aromatic carbocycles. The normalized spacial score (nSPS) is 21.1. The lowest BCUT2D eigenvalue weighted by Crippen LogP contribution is -2.52. The maximum atomic E-state index is 13.2. The van der Waals surface area contributed by atoms with Crippen LogP contribution >= 0.6 is 11.8 Å². The first kappa shape index (κ1) is 18.5. The molecule has 4 rings (SSSR count). The van der Waals surface area contributed by atoms with E-state index in [0.717, 1.165) is 50.5 Å². The second kappa shape index (κ2) is 8.04. The van der Waals surface area contributed by atoms with Gasteiger partial charge < -0.3 is 14.6 Å². The summed E-state index contributed by atoms with van der Waals surface area (Å²) in [6.45, 7) is 5.21. The number of hydrogen-bond acceptors (Lipinski definition) is 6. The van der Waals surface area contributed by atoms with E-state index in [0.29, 0.717) is 11.6 Å². The van der Waals surface area contributed by atoms with Crippen LogP contribution in [-0.2, 0) is 9.53 Å². The number of aryl methyl sites for hydroxylation is 1. The summed E-state index contributed by atoms with van der Waals surface area (Å²) in [7, 11) is 0. The summed E-state index contributed by atoms with van der Waals surface area (Å²) in [5, 5.41) is 6.85. The minimum absolute atomic E-state index is 0.0661. The van der Waals surface area contributed by atoms with E-state index in [1.54, 1.807) is 6.07 Å². The van der Waals surface area contributed by atoms with E-state index in [4.69, 9.17) is 9.26 Å². The molecule has 1 aromatic heterocycles. The number of nitrogens with zero attached hydrogens (tertiary/aromatic N) is 2. The molecule has 0 aliphatic carbocycles. The molecule has 2 fully saturated rings. The van der Waals surface area contributed by atoms with Gasteiger partial charge in [-0.05, 0) is 25.3 Å². The molecule has 0 bridgehead atoms. The molecule has 1 amide bonds.